The molecule has 4 aromatic rings. The number of hydrogen-bond donors (Lipinski definition) is 1. The average molecular weight is 483 g/mol. The highest BCUT2D eigenvalue weighted by atomic mass is 32.1. The molecule has 1 amide bonds. The molecular formula is C29H26N2O3S. The molecule has 176 valence electrons. The summed E-state index contributed by atoms with van der Waals surface area (Å²) in [5, 5.41) is 5.69. The fourth-order valence-corrected chi connectivity index (χ4v) is 5.33. The summed E-state index contributed by atoms with van der Waals surface area (Å²) in [7, 11) is 0. The second-order valence-electron chi connectivity index (χ2n) is 8.76. The molecule has 2 aromatic carbocycles. The van der Waals surface area contributed by atoms with Crippen molar-refractivity contribution in [1.82, 2.24) is 4.98 Å². The standard InChI is InChI=1S/C29H26N2O3S/c1-18-8-5-9-19(2)27(18)31-25(32)17-34-29(33)26-22-12-3-4-14-24(22)30-28-20(10-6-13-23(26)28)16-21-11-7-15-35-21/h3-5,7-9,11-12,14-16H,6,10,13,17H2,1-2H3,(H,31,32)/b20-16+. The van der Waals surface area contributed by atoms with Gasteiger partial charge in [-0.1, -0.05) is 42.5 Å². The topological polar surface area (TPSA) is 68.3 Å². The number of carbonyl (C=O) groups is 2. The number of anilines is 1. The molecule has 35 heavy (non-hydrogen) atoms. The number of fused-ring (bicyclic) bond motifs is 2. The van der Waals surface area contributed by atoms with Crippen LogP contribution in [0.15, 0.2) is 60.0 Å². The van der Waals surface area contributed by atoms with Gasteiger partial charge in [-0.2, -0.15) is 0 Å². The highest BCUT2D eigenvalue weighted by Crippen LogP contribution is 2.36. The number of aromatic nitrogens is 1. The van der Waals surface area contributed by atoms with Gasteiger partial charge in [0.1, 0.15) is 0 Å². The van der Waals surface area contributed by atoms with Crippen LogP contribution in [-0.2, 0) is 16.0 Å². The van der Waals surface area contributed by atoms with Gasteiger partial charge in [0.15, 0.2) is 6.61 Å². The summed E-state index contributed by atoms with van der Waals surface area (Å²) in [6.07, 6.45) is 4.74. The smallest absolute Gasteiger partial charge is 0.339 e. The summed E-state index contributed by atoms with van der Waals surface area (Å²) in [6.45, 7) is 3.52. The lowest BCUT2D eigenvalue weighted by molar-refractivity contribution is -0.119. The Morgan fingerprint density at radius 3 is 2.60 bits per heavy atom. The quantitative estimate of drug-likeness (QED) is 0.326. The van der Waals surface area contributed by atoms with Crippen LogP contribution in [0.2, 0.25) is 0 Å². The number of nitrogens with one attached hydrogen (secondary N) is 1. The van der Waals surface area contributed by atoms with Crippen molar-refractivity contribution in [3.05, 3.63) is 92.8 Å². The largest absolute Gasteiger partial charge is 0.452 e. The molecule has 0 spiro atoms. The Morgan fingerprint density at radius 2 is 1.83 bits per heavy atom. The SMILES string of the molecule is Cc1cccc(C)c1NC(=O)COC(=O)c1c2c(nc3ccccc13)/C(=C/c1cccs1)CCC2. The fourth-order valence-electron chi connectivity index (χ4n) is 4.64. The van der Waals surface area contributed by atoms with Crippen LogP contribution in [0.25, 0.3) is 22.6 Å². The Balaban J connectivity index is 1.46. The number of thiophene rings is 1. The predicted octanol–water partition coefficient (Wildman–Crippen LogP) is 6.59. The highest BCUT2D eigenvalue weighted by molar-refractivity contribution is 7.10. The van der Waals surface area contributed by atoms with E-state index in [9.17, 15) is 9.59 Å². The van der Waals surface area contributed by atoms with Crippen molar-refractivity contribution in [2.24, 2.45) is 0 Å². The number of benzene rings is 2. The molecule has 0 fully saturated rings. The van der Waals surface area contributed by atoms with Gasteiger partial charge < -0.3 is 10.1 Å². The number of hydrogen-bond acceptors (Lipinski definition) is 5. The first kappa shape index (κ1) is 23.0. The number of pyridine rings is 1. The number of esters is 1. The molecule has 6 heteroatoms. The van der Waals surface area contributed by atoms with E-state index in [0.717, 1.165) is 68.7 Å². The minimum atomic E-state index is -0.492. The van der Waals surface area contributed by atoms with E-state index in [4.69, 9.17) is 9.72 Å². The van der Waals surface area contributed by atoms with Crippen LogP contribution in [0.1, 0.15) is 50.5 Å². The minimum Gasteiger partial charge on any atom is -0.452 e. The first-order valence-electron chi connectivity index (χ1n) is 11.7. The number of rotatable bonds is 5. The average Bonchev–Trinajstić information content (AvgIpc) is 3.37. The first-order valence-corrected chi connectivity index (χ1v) is 12.6. The Bertz CT molecular complexity index is 1430. The third-order valence-electron chi connectivity index (χ3n) is 6.31. The molecule has 0 unspecified atom stereocenters. The molecule has 0 bridgehead atoms. The highest BCUT2D eigenvalue weighted by Gasteiger charge is 2.26. The summed E-state index contributed by atoms with van der Waals surface area (Å²) < 4.78 is 5.56. The lowest BCUT2D eigenvalue weighted by atomic mass is 9.86. The molecule has 1 N–H and O–H groups in total. The number of allylic oxidation sites excluding steroid dienone is 1. The molecule has 0 saturated heterocycles. The molecule has 1 aliphatic rings. The van der Waals surface area contributed by atoms with E-state index in [1.807, 2.05) is 62.4 Å². The van der Waals surface area contributed by atoms with E-state index < -0.39 is 5.97 Å². The predicted molar refractivity (Wildman–Crippen MR) is 142 cm³/mol. The number of nitrogens with zero attached hydrogens (tertiary/aromatic N) is 1. The number of para-hydroxylation sites is 2. The summed E-state index contributed by atoms with van der Waals surface area (Å²) in [5.41, 5.74) is 6.82. The van der Waals surface area contributed by atoms with Gasteiger partial charge in [0.05, 0.1) is 16.8 Å². The molecule has 0 saturated carbocycles. The van der Waals surface area contributed by atoms with Crippen molar-refractivity contribution in [1.29, 1.82) is 0 Å². The van der Waals surface area contributed by atoms with E-state index in [1.54, 1.807) is 11.3 Å². The Morgan fingerprint density at radius 1 is 1.03 bits per heavy atom. The van der Waals surface area contributed by atoms with E-state index in [1.165, 1.54) is 0 Å². The van der Waals surface area contributed by atoms with Gasteiger partial charge in [-0.3, -0.25) is 4.79 Å². The van der Waals surface area contributed by atoms with Gasteiger partial charge in [-0.15, -0.1) is 11.3 Å². The number of amides is 1. The van der Waals surface area contributed by atoms with E-state index in [0.29, 0.717) is 5.56 Å². The van der Waals surface area contributed by atoms with Gasteiger partial charge in [-0.25, -0.2) is 9.78 Å². The maximum atomic E-state index is 13.4. The summed E-state index contributed by atoms with van der Waals surface area (Å²) in [6, 6.07) is 17.5. The fraction of sp³-hybridized carbons (Fsp3) is 0.207. The zero-order chi connectivity index (χ0) is 24.4. The zero-order valence-corrected chi connectivity index (χ0v) is 20.6. The molecule has 5 nitrogen and oxygen atoms in total. The van der Waals surface area contributed by atoms with Crippen LogP contribution in [0.4, 0.5) is 5.69 Å². The van der Waals surface area contributed by atoms with Crippen molar-refractivity contribution in [3.8, 4) is 0 Å². The van der Waals surface area contributed by atoms with Gasteiger partial charge in [0, 0.05) is 16.0 Å². The van der Waals surface area contributed by atoms with Crippen LogP contribution < -0.4 is 5.32 Å². The number of ether oxygens (including phenoxy) is 1. The maximum Gasteiger partial charge on any atom is 0.339 e. The Labute approximate surface area is 208 Å². The summed E-state index contributed by atoms with van der Waals surface area (Å²) in [4.78, 5) is 32.1. The van der Waals surface area contributed by atoms with Crippen molar-refractivity contribution in [2.45, 2.75) is 33.1 Å². The molecule has 0 radical (unpaired) electrons. The van der Waals surface area contributed by atoms with Crippen LogP contribution in [-0.4, -0.2) is 23.5 Å². The lowest BCUT2D eigenvalue weighted by Gasteiger charge is -2.22. The minimum absolute atomic E-state index is 0.351. The third-order valence-corrected chi connectivity index (χ3v) is 7.13. The van der Waals surface area contributed by atoms with Crippen molar-refractivity contribution in [2.75, 3.05) is 11.9 Å². The lowest BCUT2D eigenvalue weighted by Crippen LogP contribution is -2.23. The van der Waals surface area contributed by atoms with E-state index in [2.05, 4.69) is 22.8 Å². The van der Waals surface area contributed by atoms with Gasteiger partial charge in [0.25, 0.3) is 5.91 Å². The van der Waals surface area contributed by atoms with Crippen LogP contribution in [0.3, 0.4) is 0 Å². The number of carbonyl (C=O) groups excluding carboxylic acids is 2. The Kier molecular flexibility index (Phi) is 6.47. The molecule has 5 rings (SSSR count). The van der Waals surface area contributed by atoms with Crippen LogP contribution in [0, 0.1) is 13.8 Å². The van der Waals surface area contributed by atoms with Crippen molar-refractivity contribution < 1.29 is 14.3 Å². The van der Waals surface area contributed by atoms with E-state index in [-0.39, 0.29) is 12.5 Å². The molecule has 1 aliphatic carbocycles. The molecule has 0 aliphatic heterocycles. The molecule has 2 aromatic heterocycles. The van der Waals surface area contributed by atoms with Crippen LogP contribution in [0.5, 0.6) is 0 Å². The maximum absolute atomic E-state index is 13.4. The second-order valence-corrected chi connectivity index (χ2v) is 9.74. The zero-order valence-electron chi connectivity index (χ0n) is 19.8. The normalized spacial score (nSPS) is 14.1. The molecule has 2 heterocycles. The molecule has 0 atom stereocenters. The Hall–Kier alpha value is -3.77. The van der Waals surface area contributed by atoms with Gasteiger partial charge >= 0.3 is 5.97 Å². The van der Waals surface area contributed by atoms with Crippen molar-refractivity contribution in [3.63, 3.8) is 0 Å². The summed E-state index contributed by atoms with van der Waals surface area (Å²) >= 11 is 1.68. The van der Waals surface area contributed by atoms with Gasteiger partial charge in [-0.05, 0) is 79.0 Å². The third kappa shape index (κ3) is 4.75. The second kappa shape index (κ2) is 9.84. The van der Waals surface area contributed by atoms with Crippen molar-refractivity contribution >= 4 is 51.5 Å². The number of aryl methyl sites for hydroxylation is 2. The molecular weight excluding hydrogens is 456 g/mol. The first-order chi connectivity index (χ1) is 17.0. The monoisotopic (exact) mass is 482 g/mol. The van der Waals surface area contributed by atoms with Crippen LogP contribution >= 0.6 is 11.3 Å². The van der Waals surface area contributed by atoms with Gasteiger partial charge in [0.2, 0.25) is 0 Å². The van der Waals surface area contributed by atoms with E-state index >= 15 is 0 Å². The summed E-state index contributed by atoms with van der Waals surface area (Å²) in [5.74, 6) is -0.852.